The first-order valence-electron chi connectivity index (χ1n) is 11.4. The summed E-state index contributed by atoms with van der Waals surface area (Å²) in [5, 5.41) is 0. The van der Waals surface area contributed by atoms with Gasteiger partial charge in [-0.1, -0.05) is 37.3 Å². The molecular weight excluding hydrogens is 403 g/mol. The largest absolute Gasteiger partial charge is 0.495 e. The van der Waals surface area contributed by atoms with Crippen molar-refractivity contribution in [2.24, 2.45) is 0 Å². The van der Waals surface area contributed by atoms with E-state index in [1.54, 1.807) is 6.07 Å². The molecule has 0 spiro atoms. The van der Waals surface area contributed by atoms with Crippen molar-refractivity contribution >= 4 is 18.9 Å². The molecule has 1 aliphatic rings. The topological polar surface area (TPSA) is 54.0 Å². The highest BCUT2D eigenvalue weighted by atomic mass is 16.7. The highest BCUT2D eigenvalue weighted by molar-refractivity contribution is 6.63. The molecule has 0 aromatic heterocycles. The molecule has 0 radical (unpaired) electrons. The van der Waals surface area contributed by atoms with Crippen LogP contribution in [-0.4, -0.2) is 36.8 Å². The maximum absolute atomic E-state index is 11.7. The Morgan fingerprint density at radius 3 is 2.28 bits per heavy atom. The van der Waals surface area contributed by atoms with Crippen molar-refractivity contribution in [3.8, 4) is 5.75 Å². The van der Waals surface area contributed by atoms with Crippen LogP contribution >= 0.6 is 0 Å². The second-order valence-electron chi connectivity index (χ2n) is 9.49. The van der Waals surface area contributed by atoms with Crippen LogP contribution in [0.2, 0.25) is 0 Å². The molecule has 32 heavy (non-hydrogen) atoms. The van der Waals surface area contributed by atoms with E-state index in [1.807, 2.05) is 58.0 Å². The summed E-state index contributed by atoms with van der Waals surface area (Å²) in [6.07, 6.45) is 2.50. The average Bonchev–Trinajstić information content (AvgIpc) is 2.99. The summed E-state index contributed by atoms with van der Waals surface area (Å²) in [7, 11) is -0.614. The minimum atomic E-state index is -0.614. The first-order valence-corrected chi connectivity index (χ1v) is 11.4. The Bertz CT molecular complexity index is 880. The fourth-order valence-electron chi connectivity index (χ4n) is 3.65. The summed E-state index contributed by atoms with van der Waals surface area (Å²) >= 11 is 0. The Morgan fingerprint density at radius 1 is 1.03 bits per heavy atom. The quantitative estimate of drug-likeness (QED) is 0.388. The first kappa shape index (κ1) is 24.5. The summed E-state index contributed by atoms with van der Waals surface area (Å²) < 4.78 is 24.6. The molecule has 1 aliphatic heterocycles. The van der Waals surface area contributed by atoms with Gasteiger partial charge in [-0.05, 0) is 70.3 Å². The smallest absolute Gasteiger partial charge is 0.490 e. The van der Waals surface area contributed by atoms with Gasteiger partial charge in [0.2, 0.25) is 0 Å². The van der Waals surface area contributed by atoms with Crippen molar-refractivity contribution in [1.82, 2.24) is 0 Å². The molecule has 0 saturated carbocycles. The number of hydrogen-bond acceptors (Lipinski definition) is 5. The number of aldehydes is 1. The second kappa shape index (κ2) is 10.2. The van der Waals surface area contributed by atoms with Crippen molar-refractivity contribution in [2.45, 2.75) is 84.4 Å². The lowest BCUT2D eigenvalue weighted by Crippen LogP contribution is -2.41. The number of ether oxygens (including phenoxy) is 2. The molecule has 2 atom stereocenters. The predicted octanol–water partition coefficient (Wildman–Crippen LogP) is 4.95. The van der Waals surface area contributed by atoms with Crippen molar-refractivity contribution in [2.75, 3.05) is 0 Å². The third-order valence-corrected chi connectivity index (χ3v) is 6.42. The van der Waals surface area contributed by atoms with Crippen LogP contribution < -0.4 is 10.2 Å². The van der Waals surface area contributed by atoms with Crippen LogP contribution in [0.4, 0.5) is 0 Å². The molecule has 0 amide bonds. The molecule has 172 valence electrons. The maximum atomic E-state index is 11.7. The number of benzene rings is 2. The lowest BCUT2D eigenvalue weighted by molar-refractivity contribution is 0.00578. The molecule has 0 aliphatic carbocycles. The van der Waals surface area contributed by atoms with Gasteiger partial charge in [-0.2, -0.15) is 0 Å². The maximum Gasteiger partial charge on any atom is 0.495 e. The van der Waals surface area contributed by atoms with Crippen molar-refractivity contribution in [1.29, 1.82) is 0 Å². The van der Waals surface area contributed by atoms with E-state index in [1.165, 1.54) is 0 Å². The monoisotopic (exact) mass is 438 g/mol. The van der Waals surface area contributed by atoms with Gasteiger partial charge in [-0.3, -0.25) is 4.79 Å². The van der Waals surface area contributed by atoms with Gasteiger partial charge in [-0.15, -0.1) is 0 Å². The van der Waals surface area contributed by atoms with Crippen LogP contribution in [0, 0.1) is 0 Å². The van der Waals surface area contributed by atoms with Crippen LogP contribution in [-0.2, 0) is 20.7 Å². The van der Waals surface area contributed by atoms with Crippen molar-refractivity contribution < 1.29 is 23.6 Å². The second-order valence-corrected chi connectivity index (χ2v) is 9.49. The Hall–Kier alpha value is -2.15. The zero-order valence-corrected chi connectivity index (χ0v) is 20.1. The summed E-state index contributed by atoms with van der Waals surface area (Å²) in [5.41, 5.74) is 1.44. The number of hydrogen-bond donors (Lipinski definition) is 0. The van der Waals surface area contributed by atoms with E-state index in [0.29, 0.717) is 23.4 Å². The van der Waals surface area contributed by atoms with E-state index in [9.17, 15) is 4.79 Å². The standard InChI is InChI=1S/C26H35BO5/c1-7-22(15-19(2)29-18-20-11-9-8-10-12-20)30-23-14-13-21(17-28)24(16-23)27-31-25(3,4)26(5,6)32-27/h8-14,16-17,19,22H,7,15,18H2,1-6H3. The highest BCUT2D eigenvalue weighted by Crippen LogP contribution is 2.37. The molecule has 3 rings (SSSR count). The molecule has 0 N–H and O–H groups in total. The molecule has 2 aromatic carbocycles. The fraction of sp³-hybridized carbons (Fsp3) is 0.500. The average molecular weight is 438 g/mol. The lowest BCUT2D eigenvalue weighted by Gasteiger charge is -2.32. The molecule has 1 fully saturated rings. The molecule has 6 heteroatoms. The highest BCUT2D eigenvalue weighted by Gasteiger charge is 2.52. The summed E-state index contributed by atoms with van der Waals surface area (Å²) in [5.74, 6) is 0.697. The predicted molar refractivity (Wildman–Crippen MR) is 128 cm³/mol. The van der Waals surface area contributed by atoms with Crippen LogP contribution in [0.3, 0.4) is 0 Å². The molecular formula is C26H35BO5. The molecule has 0 bridgehead atoms. The van der Waals surface area contributed by atoms with Gasteiger partial charge in [-0.25, -0.2) is 0 Å². The fourth-order valence-corrected chi connectivity index (χ4v) is 3.65. The lowest BCUT2D eigenvalue weighted by atomic mass is 9.76. The summed E-state index contributed by atoms with van der Waals surface area (Å²) in [6.45, 7) is 12.7. The van der Waals surface area contributed by atoms with Crippen LogP contribution in [0.1, 0.15) is 70.3 Å². The van der Waals surface area contributed by atoms with Gasteiger partial charge in [0.1, 0.15) is 18.1 Å². The van der Waals surface area contributed by atoms with Gasteiger partial charge in [0.05, 0.1) is 23.9 Å². The van der Waals surface area contributed by atoms with Crippen LogP contribution in [0.25, 0.3) is 0 Å². The number of carbonyl (C=O) groups excluding carboxylic acids is 1. The third kappa shape index (κ3) is 5.80. The van der Waals surface area contributed by atoms with E-state index >= 15 is 0 Å². The van der Waals surface area contributed by atoms with Crippen molar-refractivity contribution in [3.05, 3.63) is 59.7 Å². The Morgan fingerprint density at radius 2 is 1.69 bits per heavy atom. The Balaban J connectivity index is 1.66. The van der Waals surface area contributed by atoms with Crippen LogP contribution in [0.15, 0.2) is 48.5 Å². The minimum absolute atomic E-state index is 0.00555. The minimum Gasteiger partial charge on any atom is -0.490 e. The van der Waals surface area contributed by atoms with Gasteiger partial charge in [0, 0.05) is 12.0 Å². The SMILES string of the molecule is CCC(CC(C)OCc1ccccc1)Oc1ccc(C=O)c(B2OC(C)(C)C(C)(C)O2)c1. The van der Waals surface area contributed by atoms with Gasteiger partial charge in [0.25, 0.3) is 0 Å². The van der Waals surface area contributed by atoms with E-state index in [4.69, 9.17) is 18.8 Å². The molecule has 1 saturated heterocycles. The van der Waals surface area contributed by atoms with Gasteiger partial charge in [0.15, 0.2) is 0 Å². The zero-order chi connectivity index (χ0) is 23.4. The van der Waals surface area contributed by atoms with E-state index < -0.39 is 18.3 Å². The molecule has 2 aromatic rings. The number of carbonyl (C=O) groups is 1. The third-order valence-electron chi connectivity index (χ3n) is 6.42. The normalized spacial score (nSPS) is 18.9. The van der Waals surface area contributed by atoms with Crippen molar-refractivity contribution in [3.63, 3.8) is 0 Å². The zero-order valence-electron chi connectivity index (χ0n) is 20.1. The van der Waals surface area contributed by atoms with E-state index in [2.05, 4.69) is 26.0 Å². The van der Waals surface area contributed by atoms with Gasteiger partial charge < -0.3 is 18.8 Å². The molecule has 1 heterocycles. The summed E-state index contributed by atoms with van der Waals surface area (Å²) in [6, 6.07) is 15.6. The van der Waals surface area contributed by atoms with Gasteiger partial charge >= 0.3 is 7.12 Å². The number of rotatable bonds is 10. The first-order chi connectivity index (χ1) is 15.1. The van der Waals surface area contributed by atoms with Crippen LogP contribution in [0.5, 0.6) is 5.75 Å². The molecule has 5 nitrogen and oxygen atoms in total. The molecule has 2 unspecified atom stereocenters. The van der Waals surface area contributed by atoms with E-state index in [-0.39, 0.29) is 12.2 Å². The summed E-state index contributed by atoms with van der Waals surface area (Å²) in [4.78, 5) is 11.7. The Kier molecular flexibility index (Phi) is 7.81. The Labute approximate surface area is 192 Å². The van der Waals surface area contributed by atoms with E-state index in [0.717, 1.165) is 24.7 Å².